The molecule has 1 fully saturated rings. The van der Waals surface area contributed by atoms with Crippen LogP contribution in [-0.4, -0.2) is 17.8 Å². The van der Waals surface area contributed by atoms with Gasteiger partial charge in [-0.3, -0.25) is 0 Å². The van der Waals surface area contributed by atoms with Gasteiger partial charge in [0.2, 0.25) is 0 Å². The molecule has 0 saturated heterocycles. The van der Waals surface area contributed by atoms with Gasteiger partial charge in [-0.05, 0) is 30.9 Å². The molecule has 84 valence electrons. The topological polar surface area (TPSA) is 24.9 Å². The van der Waals surface area contributed by atoms with E-state index in [1.54, 1.807) is 0 Å². The summed E-state index contributed by atoms with van der Waals surface area (Å²) < 4.78 is 0. The summed E-state index contributed by atoms with van der Waals surface area (Å²) in [6.07, 6.45) is 6.10. The van der Waals surface area contributed by atoms with Gasteiger partial charge >= 0.3 is 0 Å². The van der Waals surface area contributed by atoms with Crippen LogP contribution in [-0.2, 0) is 0 Å². The first-order valence-corrected chi connectivity index (χ1v) is 6.14. The van der Waals surface area contributed by atoms with E-state index in [0.29, 0.717) is 0 Å². The van der Waals surface area contributed by atoms with E-state index in [2.05, 4.69) is 16.4 Å². The molecule has 1 saturated carbocycles. The second kappa shape index (κ2) is 6.23. The molecular formula is C11H17ClN2S. The third-order valence-electron chi connectivity index (χ3n) is 2.71. The zero-order valence-corrected chi connectivity index (χ0v) is 10.5. The number of pyridine rings is 1. The van der Waals surface area contributed by atoms with E-state index in [9.17, 15) is 0 Å². The summed E-state index contributed by atoms with van der Waals surface area (Å²) >= 11 is 1.93. The predicted molar refractivity (Wildman–Crippen MR) is 69.1 cm³/mol. The van der Waals surface area contributed by atoms with Crippen molar-refractivity contribution in [2.75, 3.05) is 18.1 Å². The van der Waals surface area contributed by atoms with Crippen LogP contribution < -0.4 is 5.32 Å². The van der Waals surface area contributed by atoms with Crippen LogP contribution >= 0.6 is 24.2 Å². The molecule has 0 spiro atoms. The van der Waals surface area contributed by atoms with Crippen LogP contribution in [0.25, 0.3) is 0 Å². The number of halogens is 1. The highest BCUT2D eigenvalue weighted by atomic mass is 35.5. The zero-order chi connectivity index (χ0) is 9.80. The van der Waals surface area contributed by atoms with E-state index in [1.807, 2.05) is 31.1 Å². The average Bonchev–Trinajstić information content (AvgIpc) is 2.16. The molecule has 1 N–H and O–H groups in total. The number of nitrogens with one attached hydrogen (secondary N) is 1. The van der Waals surface area contributed by atoms with Crippen LogP contribution in [0.2, 0.25) is 0 Å². The summed E-state index contributed by atoms with van der Waals surface area (Å²) in [5.41, 5.74) is 0. The maximum absolute atomic E-state index is 4.29. The Hall–Kier alpha value is -0.410. The summed E-state index contributed by atoms with van der Waals surface area (Å²) in [5, 5.41) is 3.12. The van der Waals surface area contributed by atoms with E-state index >= 15 is 0 Å². The van der Waals surface area contributed by atoms with Crippen LogP contribution in [0.3, 0.4) is 0 Å². The number of anilines is 1. The van der Waals surface area contributed by atoms with Gasteiger partial charge in [-0.1, -0.05) is 6.42 Å². The molecule has 0 atom stereocenters. The van der Waals surface area contributed by atoms with Crippen molar-refractivity contribution in [2.24, 2.45) is 5.92 Å². The number of thioether (sulfide) groups is 1. The molecule has 0 amide bonds. The van der Waals surface area contributed by atoms with Gasteiger partial charge in [0.25, 0.3) is 0 Å². The lowest BCUT2D eigenvalue weighted by atomic mass is 9.87. The monoisotopic (exact) mass is 244 g/mol. The number of nitrogens with zero attached hydrogens (tertiary/aromatic N) is 1. The first-order valence-electron chi connectivity index (χ1n) is 5.15. The Balaban J connectivity index is 0.00000112. The molecule has 0 aliphatic heterocycles. The first-order chi connectivity index (χ1) is 6.90. The van der Waals surface area contributed by atoms with Gasteiger partial charge in [-0.15, -0.1) is 24.2 Å². The third kappa shape index (κ3) is 3.28. The second-order valence-corrected chi connectivity index (χ2v) is 4.77. The SMILES string of the molecule is CNc1ncccc1SCC1CCC1.Cl. The van der Waals surface area contributed by atoms with Crippen molar-refractivity contribution >= 4 is 30.0 Å². The molecular weight excluding hydrogens is 228 g/mol. The largest absolute Gasteiger partial charge is 0.372 e. The van der Waals surface area contributed by atoms with Gasteiger partial charge in [0.1, 0.15) is 5.82 Å². The predicted octanol–water partition coefficient (Wildman–Crippen LogP) is 3.44. The van der Waals surface area contributed by atoms with Crippen LogP contribution in [0.5, 0.6) is 0 Å². The van der Waals surface area contributed by atoms with Crippen LogP contribution in [0.1, 0.15) is 19.3 Å². The Morgan fingerprint density at radius 2 is 2.33 bits per heavy atom. The van der Waals surface area contributed by atoms with E-state index in [1.165, 1.54) is 29.9 Å². The van der Waals surface area contributed by atoms with E-state index < -0.39 is 0 Å². The van der Waals surface area contributed by atoms with Gasteiger partial charge in [0.15, 0.2) is 0 Å². The van der Waals surface area contributed by atoms with E-state index in [0.717, 1.165) is 11.7 Å². The molecule has 1 aliphatic carbocycles. The Labute approximate surface area is 102 Å². The number of aromatic nitrogens is 1. The smallest absolute Gasteiger partial charge is 0.139 e. The van der Waals surface area contributed by atoms with E-state index in [4.69, 9.17) is 0 Å². The summed E-state index contributed by atoms with van der Waals surface area (Å²) in [4.78, 5) is 5.57. The van der Waals surface area contributed by atoms with E-state index in [-0.39, 0.29) is 12.4 Å². The quantitative estimate of drug-likeness (QED) is 0.822. The molecule has 1 heterocycles. The lowest BCUT2D eigenvalue weighted by Gasteiger charge is -2.24. The summed E-state index contributed by atoms with van der Waals surface area (Å²) in [7, 11) is 1.93. The Bertz CT molecular complexity index is 302. The highest BCUT2D eigenvalue weighted by Crippen LogP contribution is 2.34. The Morgan fingerprint density at radius 1 is 1.53 bits per heavy atom. The minimum atomic E-state index is 0. The standard InChI is InChI=1S/C11H16N2S.ClH/c1-12-11-10(6-3-7-13-11)14-8-9-4-2-5-9;/h3,6-7,9H,2,4-5,8H2,1H3,(H,12,13);1H. The lowest BCUT2D eigenvalue weighted by molar-refractivity contribution is 0.353. The van der Waals surface area contributed by atoms with Crippen LogP contribution in [0.15, 0.2) is 23.2 Å². The first kappa shape index (κ1) is 12.7. The fraction of sp³-hybridized carbons (Fsp3) is 0.545. The average molecular weight is 245 g/mol. The molecule has 1 aromatic heterocycles. The van der Waals surface area contributed by atoms with Gasteiger partial charge in [0, 0.05) is 23.9 Å². The van der Waals surface area contributed by atoms with Crippen LogP contribution in [0.4, 0.5) is 5.82 Å². The highest BCUT2D eigenvalue weighted by Gasteiger charge is 2.17. The van der Waals surface area contributed by atoms with Crippen LogP contribution in [0, 0.1) is 5.92 Å². The molecule has 2 nitrogen and oxygen atoms in total. The maximum Gasteiger partial charge on any atom is 0.139 e. The molecule has 0 aromatic carbocycles. The molecule has 1 aromatic rings. The van der Waals surface area contributed by atoms with Crippen molar-refractivity contribution in [2.45, 2.75) is 24.2 Å². The van der Waals surface area contributed by atoms with Crippen molar-refractivity contribution in [1.29, 1.82) is 0 Å². The molecule has 0 radical (unpaired) electrons. The van der Waals surface area contributed by atoms with Crippen molar-refractivity contribution in [3.05, 3.63) is 18.3 Å². The number of rotatable bonds is 4. The minimum Gasteiger partial charge on any atom is -0.372 e. The fourth-order valence-electron chi connectivity index (χ4n) is 1.56. The molecule has 0 unspecified atom stereocenters. The molecule has 2 rings (SSSR count). The normalized spacial score (nSPS) is 15.3. The van der Waals surface area contributed by atoms with Gasteiger partial charge in [-0.2, -0.15) is 0 Å². The van der Waals surface area contributed by atoms with Crippen molar-refractivity contribution < 1.29 is 0 Å². The summed E-state index contributed by atoms with van der Waals surface area (Å²) in [5.74, 6) is 3.21. The lowest BCUT2D eigenvalue weighted by Crippen LogP contribution is -2.13. The number of hydrogen-bond acceptors (Lipinski definition) is 3. The highest BCUT2D eigenvalue weighted by molar-refractivity contribution is 7.99. The van der Waals surface area contributed by atoms with Crippen molar-refractivity contribution in [3.8, 4) is 0 Å². The van der Waals surface area contributed by atoms with Gasteiger partial charge in [-0.25, -0.2) is 4.98 Å². The molecule has 0 bridgehead atoms. The third-order valence-corrected chi connectivity index (χ3v) is 3.99. The second-order valence-electron chi connectivity index (χ2n) is 3.71. The molecule has 15 heavy (non-hydrogen) atoms. The number of hydrogen-bond donors (Lipinski definition) is 1. The minimum absolute atomic E-state index is 0. The summed E-state index contributed by atoms with van der Waals surface area (Å²) in [6, 6.07) is 4.14. The zero-order valence-electron chi connectivity index (χ0n) is 8.90. The van der Waals surface area contributed by atoms with Crippen molar-refractivity contribution in [1.82, 2.24) is 4.98 Å². The van der Waals surface area contributed by atoms with Gasteiger partial charge in [0.05, 0.1) is 0 Å². The van der Waals surface area contributed by atoms with Crippen molar-refractivity contribution in [3.63, 3.8) is 0 Å². The fourth-order valence-corrected chi connectivity index (χ4v) is 2.78. The summed E-state index contributed by atoms with van der Waals surface area (Å²) in [6.45, 7) is 0. The Morgan fingerprint density at radius 3 is 2.93 bits per heavy atom. The maximum atomic E-state index is 4.29. The van der Waals surface area contributed by atoms with Gasteiger partial charge < -0.3 is 5.32 Å². The molecule has 4 heteroatoms. The molecule has 1 aliphatic rings. The Kier molecular flexibility index (Phi) is 5.26.